The van der Waals surface area contributed by atoms with Crippen LogP contribution in [0.5, 0.6) is 0 Å². The Bertz CT molecular complexity index is 394. The summed E-state index contributed by atoms with van der Waals surface area (Å²) in [6.07, 6.45) is 0.476. The molecule has 0 aliphatic carbocycles. The van der Waals surface area contributed by atoms with Crippen molar-refractivity contribution in [2.24, 2.45) is 0 Å². The van der Waals surface area contributed by atoms with Crippen LogP contribution >= 0.6 is 11.8 Å². The van der Waals surface area contributed by atoms with Crippen molar-refractivity contribution in [3.8, 4) is 0 Å². The van der Waals surface area contributed by atoms with Gasteiger partial charge in [-0.15, -0.1) is 11.8 Å². The summed E-state index contributed by atoms with van der Waals surface area (Å²) in [4.78, 5) is 11.2. The van der Waals surface area contributed by atoms with E-state index in [2.05, 4.69) is 0 Å². The zero-order chi connectivity index (χ0) is 14.1. The first-order valence-electron chi connectivity index (χ1n) is 6.28. The maximum Gasteiger partial charge on any atom is 0.282 e. The van der Waals surface area contributed by atoms with Gasteiger partial charge in [-0.05, 0) is 19.9 Å². The van der Waals surface area contributed by atoms with Gasteiger partial charge in [0.1, 0.15) is 0 Å². The molecule has 106 valence electrons. The highest BCUT2D eigenvalue weighted by atomic mass is 32.2. The Hall–Kier alpha value is -1.11. The number of hydrogen-bond acceptors (Lipinski definition) is 5. The number of hydrogen-bond donors (Lipinski definition) is 0. The molecule has 0 saturated heterocycles. The molecule has 0 aromatic heterocycles. The third-order valence-electron chi connectivity index (χ3n) is 2.38. The summed E-state index contributed by atoms with van der Waals surface area (Å²) in [6.45, 7) is 5.03. The van der Waals surface area contributed by atoms with Gasteiger partial charge in [0.25, 0.3) is 5.69 Å². The lowest BCUT2D eigenvalue weighted by Gasteiger charge is -2.16. The fourth-order valence-corrected chi connectivity index (χ4v) is 2.58. The average molecular weight is 285 g/mol. The number of ether oxygens (including phenoxy) is 2. The van der Waals surface area contributed by atoms with Crippen molar-refractivity contribution >= 4 is 17.4 Å². The number of rotatable bonds is 9. The third-order valence-corrected chi connectivity index (χ3v) is 3.47. The molecular formula is C13H19NO4S. The smallest absolute Gasteiger partial charge is 0.282 e. The quantitative estimate of drug-likeness (QED) is 0.301. The standard InChI is InChI=1S/C13H19NO4S/c1-3-17-13(18-4-2)9-10-19-12-8-6-5-7-11(12)14(15)16/h5-8,13H,3-4,9-10H2,1-2H3. The number of nitro groups is 1. The van der Waals surface area contributed by atoms with Gasteiger partial charge >= 0.3 is 0 Å². The Kier molecular flexibility index (Phi) is 7.47. The molecule has 0 heterocycles. The van der Waals surface area contributed by atoms with E-state index in [0.29, 0.717) is 24.5 Å². The van der Waals surface area contributed by atoms with E-state index in [1.54, 1.807) is 18.2 Å². The molecule has 0 fully saturated rings. The van der Waals surface area contributed by atoms with Crippen molar-refractivity contribution in [2.45, 2.75) is 31.5 Å². The topological polar surface area (TPSA) is 61.6 Å². The second kappa shape index (κ2) is 8.90. The Labute approximate surface area is 117 Å². The minimum absolute atomic E-state index is 0.150. The van der Waals surface area contributed by atoms with Crippen LogP contribution in [-0.4, -0.2) is 30.2 Å². The van der Waals surface area contributed by atoms with Crippen molar-refractivity contribution in [1.82, 2.24) is 0 Å². The lowest BCUT2D eigenvalue weighted by molar-refractivity contribution is -0.387. The number of nitrogens with zero attached hydrogens (tertiary/aromatic N) is 1. The Morgan fingerprint density at radius 3 is 2.47 bits per heavy atom. The second-order valence-electron chi connectivity index (χ2n) is 3.70. The van der Waals surface area contributed by atoms with E-state index < -0.39 is 0 Å². The molecule has 0 spiro atoms. The van der Waals surface area contributed by atoms with E-state index in [0.717, 1.165) is 5.75 Å². The van der Waals surface area contributed by atoms with E-state index in [1.165, 1.54) is 17.8 Å². The Balaban J connectivity index is 2.50. The molecule has 0 atom stereocenters. The third kappa shape index (κ3) is 5.59. The van der Waals surface area contributed by atoms with E-state index >= 15 is 0 Å². The predicted molar refractivity (Wildman–Crippen MR) is 75.5 cm³/mol. The highest BCUT2D eigenvalue weighted by Crippen LogP contribution is 2.29. The monoisotopic (exact) mass is 285 g/mol. The van der Waals surface area contributed by atoms with Crippen molar-refractivity contribution in [3.63, 3.8) is 0 Å². The molecule has 6 heteroatoms. The van der Waals surface area contributed by atoms with Crippen LogP contribution in [0.1, 0.15) is 20.3 Å². The second-order valence-corrected chi connectivity index (χ2v) is 4.84. The van der Waals surface area contributed by atoms with Gasteiger partial charge in [0.05, 0.1) is 9.82 Å². The summed E-state index contributed by atoms with van der Waals surface area (Å²) >= 11 is 1.45. The Morgan fingerprint density at radius 1 is 1.26 bits per heavy atom. The van der Waals surface area contributed by atoms with Crippen LogP contribution in [0.3, 0.4) is 0 Å². The molecule has 0 bridgehead atoms. The largest absolute Gasteiger partial charge is 0.353 e. The lowest BCUT2D eigenvalue weighted by atomic mass is 10.3. The fraction of sp³-hybridized carbons (Fsp3) is 0.538. The molecule has 0 aliphatic heterocycles. The van der Waals surface area contributed by atoms with Gasteiger partial charge in [0, 0.05) is 31.5 Å². The lowest BCUT2D eigenvalue weighted by Crippen LogP contribution is -2.18. The van der Waals surface area contributed by atoms with Crippen LogP contribution in [0, 0.1) is 10.1 Å². The first-order chi connectivity index (χ1) is 9.19. The predicted octanol–water partition coefficient (Wildman–Crippen LogP) is 3.48. The van der Waals surface area contributed by atoms with Crippen LogP contribution in [0.15, 0.2) is 29.2 Å². The molecule has 19 heavy (non-hydrogen) atoms. The van der Waals surface area contributed by atoms with Crippen LogP contribution < -0.4 is 0 Å². The number of thioether (sulfide) groups is 1. The fourth-order valence-electron chi connectivity index (χ4n) is 1.58. The SMILES string of the molecule is CCOC(CCSc1ccccc1[N+](=O)[O-])OCC. The number of nitro benzene ring substituents is 1. The zero-order valence-corrected chi connectivity index (χ0v) is 12.0. The molecule has 1 aromatic rings. The highest BCUT2D eigenvalue weighted by molar-refractivity contribution is 7.99. The first-order valence-corrected chi connectivity index (χ1v) is 7.27. The van der Waals surface area contributed by atoms with E-state index in [1.807, 2.05) is 13.8 Å². The average Bonchev–Trinajstić information content (AvgIpc) is 2.39. The summed E-state index contributed by atoms with van der Waals surface area (Å²) in [5.74, 6) is 0.718. The molecule has 0 N–H and O–H groups in total. The summed E-state index contributed by atoms with van der Waals surface area (Å²) in [5, 5.41) is 10.9. The van der Waals surface area contributed by atoms with Gasteiger partial charge in [-0.1, -0.05) is 12.1 Å². The van der Waals surface area contributed by atoms with Crippen LogP contribution in [-0.2, 0) is 9.47 Å². The van der Waals surface area contributed by atoms with Crippen molar-refractivity contribution in [2.75, 3.05) is 19.0 Å². The molecule has 0 unspecified atom stereocenters. The summed E-state index contributed by atoms with van der Waals surface area (Å²) < 4.78 is 10.9. The molecule has 5 nitrogen and oxygen atoms in total. The van der Waals surface area contributed by atoms with Crippen LogP contribution in [0.4, 0.5) is 5.69 Å². The maximum atomic E-state index is 10.9. The summed E-state index contributed by atoms with van der Waals surface area (Å²) in [7, 11) is 0. The molecule has 0 saturated carbocycles. The minimum Gasteiger partial charge on any atom is -0.353 e. The molecule has 0 aliphatic rings. The van der Waals surface area contributed by atoms with Gasteiger partial charge in [-0.2, -0.15) is 0 Å². The van der Waals surface area contributed by atoms with Crippen molar-refractivity contribution in [1.29, 1.82) is 0 Å². The van der Waals surface area contributed by atoms with Gasteiger partial charge in [0.15, 0.2) is 6.29 Å². The van der Waals surface area contributed by atoms with Gasteiger partial charge < -0.3 is 9.47 Å². The normalized spacial score (nSPS) is 10.9. The zero-order valence-electron chi connectivity index (χ0n) is 11.2. The van der Waals surface area contributed by atoms with Crippen LogP contribution in [0.25, 0.3) is 0 Å². The van der Waals surface area contributed by atoms with Crippen molar-refractivity contribution in [3.05, 3.63) is 34.4 Å². The van der Waals surface area contributed by atoms with Crippen LogP contribution in [0.2, 0.25) is 0 Å². The van der Waals surface area contributed by atoms with Crippen molar-refractivity contribution < 1.29 is 14.4 Å². The first kappa shape index (κ1) is 15.9. The maximum absolute atomic E-state index is 10.9. The Morgan fingerprint density at radius 2 is 1.89 bits per heavy atom. The molecule has 0 radical (unpaired) electrons. The van der Waals surface area contributed by atoms with E-state index in [9.17, 15) is 10.1 Å². The van der Waals surface area contributed by atoms with Gasteiger partial charge in [-0.25, -0.2) is 0 Å². The molecule has 1 aromatic carbocycles. The van der Waals surface area contributed by atoms with E-state index in [4.69, 9.17) is 9.47 Å². The molecule has 0 amide bonds. The van der Waals surface area contributed by atoms with E-state index in [-0.39, 0.29) is 16.9 Å². The molecule has 1 rings (SSSR count). The van der Waals surface area contributed by atoms with Gasteiger partial charge in [0.2, 0.25) is 0 Å². The summed E-state index contributed by atoms with van der Waals surface area (Å²) in [5.41, 5.74) is 0.150. The number of para-hydroxylation sites is 1. The molecular weight excluding hydrogens is 266 g/mol. The van der Waals surface area contributed by atoms with Gasteiger partial charge in [-0.3, -0.25) is 10.1 Å². The minimum atomic E-state index is -0.356. The number of benzene rings is 1. The summed E-state index contributed by atoms with van der Waals surface area (Å²) in [6, 6.07) is 6.76. The highest BCUT2D eigenvalue weighted by Gasteiger charge is 2.14.